The molecular formula is C28H35N2NaO4S. The Morgan fingerprint density at radius 1 is 0.722 bits per heavy atom. The molecule has 0 saturated heterocycles. The van der Waals surface area contributed by atoms with Crippen LogP contribution in [0.3, 0.4) is 0 Å². The largest absolute Gasteiger partial charge is 1.00 e. The summed E-state index contributed by atoms with van der Waals surface area (Å²) >= 11 is 0. The molecule has 0 atom stereocenters. The molecule has 3 rings (SSSR count). The summed E-state index contributed by atoms with van der Waals surface area (Å²) in [6, 6.07) is 17.1. The first-order valence-corrected chi connectivity index (χ1v) is 14.0. The first-order chi connectivity index (χ1) is 17.0. The molecule has 3 aromatic rings. The van der Waals surface area contributed by atoms with Crippen molar-refractivity contribution in [3.63, 3.8) is 0 Å². The van der Waals surface area contributed by atoms with Crippen LogP contribution in [0.2, 0.25) is 0 Å². The summed E-state index contributed by atoms with van der Waals surface area (Å²) in [6.07, 6.45) is 12.9. The van der Waals surface area contributed by atoms with E-state index in [0.717, 1.165) is 22.9 Å². The molecule has 0 spiro atoms. The van der Waals surface area contributed by atoms with E-state index in [9.17, 15) is 13.0 Å². The van der Waals surface area contributed by atoms with Gasteiger partial charge in [-0.05, 0) is 42.8 Å². The summed E-state index contributed by atoms with van der Waals surface area (Å²) < 4.78 is 39.3. The van der Waals surface area contributed by atoms with E-state index < -0.39 is 10.1 Å². The summed E-state index contributed by atoms with van der Waals surface area (Å²) in [7, 11) is -4.48. The second kappa shape index (κ2) is 16.2. The van der Waals surface area contributed by atoms with Gasteiger partial charge in [0.25, 0.3) is 0 Å². The average molecular weight is 519 g/mol. The van der Waals surface area contributed by atoms with Crippen LogP contribution in [0.15, 0.2) is 75.8 Å². The van der Waals surface area contributed by atoms with Crippen molar-refractivity contribution >= 4 is 32.3 Å². The van der Waals surface area contributed by atoms with Crippen LogP contribution in [0.1, 0.15) is 71.1 Å². The molecule has 0 aliphatic rings. The second-order valence-electron chi connectivity index (χ2n) is 8.81. The van der Waals surface area contributed by atoms with E-state index in [1.807, 2.05) is 36.4 Å². The van der Waals surface area contributed by atoms with E-state index in [1.165, 1.54) is 82.1 Å². The third kappa shape index (κ3) is 9.94. The third-order valence-electron chi connectivity index (χ3n) is 6.02. The standard InChI is InChI=1S/C28H36N2O4S.Na/c1-2-3-4-5-6-7-8-9-10-13-22-34-28-21-20-27(25-14-11-12-15-26(25)28)30-29-23-16-18-24(19-17-23)35(31,32)33;/h11-12,14-21H,2-10,13,22H2,1H3,(H,31,32,33);/q;+1/p-1/b30-29+;. The number of hydrogen-bond donors (Lipinski definition) is 0. The first-order valence-electron chi connectivity index (χ1n) is 12.6. The van der Waals surface area contributed by atoms with Gasteiger partial charge in [-0.25, -0.2) is 8.42 Å². The molecule has 0 N–H and O–H groups in total. The maximum absolute atomic E-state index is 11.1. The topological polar surface area (TPSA) is 91.2 Å². The molecule has 0 unspecified atom stereocenters. The smallest absolute Gasteiger partial charge is 0.744 e. The van der Waals surface area contributed by atoms with Crippen molar-refractivity contribution in [1.82, 2.24) is 0 Å². The molecular weight excluding hydrogens is 483 g/mol. The maximum Gasteiger partial charge on any atom is 1.00 e. The second-order valence-corrected chi connectivity index (χ2v) is 10.2. The zero-order valence-corrected chi connectivity index (χ0v) is 24.3. The normalized spacial score (nSPS) is 11.6. The minimum Gasteiger partial charge on any atom is -0.744 e. The molecule has 0 aliphatic carbocycles. The third-order valence-corrected chi connectivity index (χ3v) is 6.86. The molecule has 3 aromatic carbocycles. The average Bonchev–Trinajstić information content (AvgIpc) is 2.86. The van der Waals surface area contributed by atoms with Crippen LogP contribution in [0, 0.1) is 0 Å². The van der Waals surface area contributed by atoms with Gasteiger partial charge in [-0.2, -0.15) is 5.11 Å². The molecule has 188 valence electrons. The monoisotopic (exact) mass is 518 g/mol. The van der Waals surface area contributed by atoms with Crippen LogP contribution in [0.5, 0.6) is 5.75 Å². The summed E-state index contributed by atoms with van der Waals surface area (Å²) in [5.41, 5.74) is 1.15. The van der Waals surface area contributed by atoms with E-state index in [1.54, 1.807) is 0 Å². The van der Waals surface area contributed by atoms with Gasteiger partial charge in [0, 0.05) is 10.8 Å². The minimum atomic E-state index is -4.48. The van der Waals surface area contributed by atoms with Gasteiger partial charge in [0.05, 0.1) is 22.9 Å². The van der Waals surface area contributed by atoms with Gasteiger partial charge in [0.15, 0.2) is 0 Å². The number of unbranched alkanes of at least 4 members (excludes halogenated alkanes) is 9. The number of ether oxygens (including phenoxy) is 1. The van der Waals surface area contributed by atoms with Gasteiger partial charge in [-0.3, -0.25) is 0 Å². The number of rotatable bonds is 15. The van der Waals surface area contributed by atoms with E-state index in [2.05, 4.69) is 17.2 Å². The number of hydrogen-bond acceptors (Lipinski definition) is 6. The maximum atomic E-state index is 11.1. The molecule has 0 aliphatic heterocycles. The molecule has 0 fully saturated rings. The van der Waals surface area contributed by atoms with Crippen LogP contribution in [0.4, 0.5) is 11.4 Å². The van der Waals surface area contributed by atoms with Crippen molar-refractivity contribution in [2.75, 3.05) is 6.61 Å². The molecule has 0 amide bonds. The summed E-state index contributed by atoms with van der Waals surface area (Å²) in [6.45, 7) is 2.94. The van der Waals surface area contributed by atoms with Crippen LogP contribution in [-0.2, 0) is 10.1 Å². The molecule has 6 nitrogen and oxygen atoms in total. The Morgan fingerprint density at radius 3 is 1.92 bits per heavy atom. The van der Waals surface area contributed by atoms with Crippen molar-refractivity contribution in [3.8, 4) is 5.75 Å². The summed E-state index contributed by atoms with van der Waals surface area (Å²) in [5.74, 6) is 0.834. The summed E-state index contributed by atoms with van der Waals surface area (Å²) in [5, 5.41) is 10.4. The fourth-order valence-corrected chi connectivity index (χ4v) is 4.50. The van der Waals surface area contributed by atoms with Crippen molar-refractivity contribution in [2.24, 2.45) is 10.2 Å². The van der Waals surface area contributed by atoms with Gasteiger partial charge < -0.3 is 9.29 Å². The fraction of sp³-hybridized carbons (Fsp3) is 0.429. The Morgan fingerprint density at radius 2 is 1.31 bits per heavy atom. The number of azo groups is 1. The molecule has 0 aromatic heterocycles. The van der Waals surface area contributed by atoms with Crippen LogP contribution >= 0.6 is 0 Å². The Bertz CT molecular complexity index is 1200. The predicted octanol–water partition coefficient (Wildman–Crippen LogP) is 5.46. The Hall–Kier alpha value is -1.77. The molecule has 0 heterocycles. The SMILES string of the molecule is CCCCCCCCCCCCOc1ccc(/N=N/c2ccc(S(=O)(=O)[O-])cc2)c2ccccc12.[Na+]. The molecule has 36 heavy (non-hydrogen) atoms. The number of fused-ring (bicyclic) bond motifs is 1. The summed E-state index contributed by atoms with van der Waals surface area (Å²) in [4.78, 5) is -0.286. The zero-order valence-electron chi connectivity index (χ0n) is 21.5. The number of benzene rings is 3. The van der Waals surface area contributed by atoms with E-state index in [-0.39, 0.29) is 34.5 Å². The van der Waals surface area contributed by atoms with Gasteiger partial charge in [-0.15, -0.1) is 5.11 Å². The zero-order chi connectivity index (χ0) is 24.9. The minimum absolute atomic E-state index is 0. The van der Waals surface area contributed by atoms with E-state index in [4.69, 9.17) is 4.74 Å². The first kappa shape index (κ1) is 30.5. The molecule has 0 bridgehead atoms. The van der Waals surface area contributed by atoms with Crippen LogP contribution in [0.25, 0.3) is 10.8 Å². The van der Waals surface area contributed by atoms with Gasteiger partial charge in [-0.1, -0.05) is 89.0 Å². The van der Waals surface area contributed by atoms with Crippen LogP contribution < -0.4 is 34.3 Å². The Kier molecular flexibility index (Phi) is 13.7. The molecule has 0 radical (unpaired) electrons. The molecule has 0 saturated carbocycles. The van der Waals surface area contributed by atoms with Crippen molar-refractivity contribution in [2.45, 2.75) is 76.0 Å². The van der Waals surface area contributed by atoms with Gasteiger partial charge >= 0.3 is 29.6 Å². The van der Waals surface area contributed by atoms with E-state index >= 15 is 0 Å². The van der Waals surface area contributed by atoms with Crippen LogP contribution in [-0.4, -0.2) is 19.6 Å². The Labute approximate surface area is 237 Å². The quantitative estimate of drug-likeness (QED) is 0.116. The van der Waals surface area contributed by atoms with Crippen molar-refractivity contribution in [1.29, 1.82) is 0 Å². The number of nitrogens with zero attached hydrogens (tertiary/aromatic N) is 2. The predicted molar refractivity (Wildman–Crippen MR) is 140 cm³/mol. The van der Waals surface area contributed by atoms with Gasteiger partial charge in [0.1, 0.15) is 15.9 Å². The molecule has 8 heteroatoms. The van der Waals surface area contributed by atoms with Gasteiger partial charge in [0.2, 0.25) is 0 Å². The van der Waals surface area contributed by atoms with Crippen molar-refractivity contribution < 1.29 is 47.3 Å². The van der Waals surface area contributed by atoms with E-state index in [0.29, 0.717) is 18.0 Å². The Balaban J connectivity index is 0.00000456. The van der Waals surface area contributed by atoms with Crippen molar-refractivity contribution in [3.05, 3.63) is 60.7 Å². The fourth-order valence-electron chi connectivity index (χ4n) is 4.03.